The van der Waals surface area contributed by atoms with Gasteiger partial charge in [-0.05, 0) is 0 Å². The number of carboxylic acids is 1. The first-order chi connectivity index (χ1) is 7.49. The van der Waals surface area contributed by atoms with Crippen LogP contribution in [0.4, 0.5) is 0 Å². The number of nitrogens with zero attached hydrogens (tertiary/aromatic N) is 1. The lowest BCUT2D eigenvalue weighted by molar-refractivity contribution is -0.156. The number of esters is 1. The van der Waals surface area contributed by atoms with Gasteiger partial charge in [0.2, 0.25) is 0 Å². The standard InChI is InChI=1S/C8H10N2O6/c1-16-8(15)6(12)5(11)3-2-9-10-4(3)7(13)14/h2,5-6,11-12H,1H3,(H,9,10)(H,13,14). The van der Waals surface area contributed by atoms with E-state index in [2.05, 4.69) is 14.9 Å². The predicted molar refractivity (Wildman–Crippen MR) is 48.5 cm³/mol. The summed E-state index contributed by atoms with van der Waals surface area (Å²) in [5.74, 6) is -2.42. The molecular weight excluding hydrogens is 220 g/mol. The summed E-state index contributed by atoms with van der Waals surface area (Å²) in [7, 11) is 1.03. The summed E-state index contributed by atoms with van der Waals surface area (Å²) in [6, 6.07) is 0. The predicted octanol–water partition coefficient (Wildman–Crippen LogP) is -1.32. The molecule has 1 rings (SSSR count). The number of aromatic nitrogens is 2. The van der Waals surface area contributed by atoms with Gasteiger partial charge in [0, 0.05) is 5.56 Å². The summed E-state index contributed by atoms with van der Waals surface area (Å²) < 4.78 is 4.20. The van der Waals surface area contributed by atoms with Gasteiger partial charge in [-0.25, -0.2) is 9.59 Å². The molecule has 0 bridgehead atoms. The van der Waals surface area contributed by atoms with E-state index in [0.717, 1.165) is 13.3 Å². The van der Waals surface area contributed by atoms with Crippen molar-refractivity contribution in [2.45, 2.75) is 12.2 Å². The highest BCUT2D eigenvalue weighted by Crippen LogP contribution is 2.20. The first-order valence-electron chi connectivity index (χ1n) is 4.19. The first-order valence-corrected chi connectivity index (χ1v) is 4.19. The highest BCUT2D eigenvalue weighted by molar-refractivity contribution is 5.87. The van der Waals surface area contributed by atoms with Crippen LogP contribution in [0.3, 0.4) is 0 Å². The summed E-state index contributed by atoms with van der Waals surface area (Å²) >= 11 is 0. The van der Waals surface area contributed by atoms with Gasteiger partial charge in [-0.15, -0.1) is 0 Å². The second-order valence-corrected chi connectivity index (χ2v) is 2.92. The first kappa shape index (κ1) is 12.1. The summed E-state index contributed by atoms with van der Waals surface area (Å²) in [6.07, 6.45) is -2.56. The number of aromatic carboxylic acids is 1. The van der Waals surface area contributed by atoms with Gasteiger partial charge in [-0.3, -0.25) is 5.10 Å². The van der Waals surface area contributed by atoms with Crippen LogP contribution in [-0.4, -0.2) is 50.7 Å². The largest absolute Gasteiger partial charge is 0.477 e. The van der Waals surface area contributed by atoms with Gasteiger partial charge >= 0.3 is 11.9 Å². The van der Waals surface area contributed by atoms with Gasteiger partial charge in [0.1, 0.15) is 11.8 Å². The van der Waals surface area contributed by atoms with Crippen LogP contribution < -0.4 is 0 Å². The Bertz CT molecular complexity index is 401. The molecule has 0 amide bonds. The zero-order chi connectivity index (χ0) is 12.3. The van der Waals surface area contributed by atoms with Crippen molar-refractivity contribution in [3.8, 4) is 0 Å². The fraction of sp³-hybridized carbons (Fsp3) is 0.375. The number of methoxy groups -OCH3 is 1. The zero-order valence-electron chi connectivity index (χ0n) is 8.25. The quantitative estimate of drug-likeness (QED) is 0.471. The number of hydrogen-bond donors (Lipinski definition) is 4. The Kier molecular flexibility index (Phi) is 3.59. The van der Waals surface area contributed by atoms with Crippen LogP contribution in [-0.2, 0) is 9.53 Å². The number of rotatable bonds is 4. The smallest absolute Gasteiger partial charge is 0.354 e. The molecule has 8 heteroatoms. The van der Waals surface area contributed by atoms with Gasteiger partial charge in [0.25, 0.3) is 0 Å². The van der Waals surface area contributed by atoms with E-state index in [1.54, 1.807) is 0 Å². The van der Waals surface area contributed by atoms with Gasteiger partial charge in [-0.1, -0.05) is 0 Å². The molecule has 0 saturated carbocycles. The summed E-state index contributed by atoms with van der Waals surface area (Å²) in [5.41, 5.74) is -0.583. The molecule has 0 saturated heterocycles. The number of carboxylic acid groups (broad SMARTS) is 1. The van der Waals surface area contributed by atoms with Crippen molar-refractivity contribution in [2.24, 2.45) is 0 Å². The fourth-order valence-corrected chi connectivity index (χ4v) is 1.11. The fourth-order valence-electron chi connectivity index (χ4n) is 1.11. The molecule has 0 fully saturated rings. The third-order valence-electron chi connectivity index (χ3n) is 1.94. The Morgan fingerprint density at radius 3 is 2.62 bits per heavy atom. The van der Waals surface area contributed by atoms with Crippen molar-refractivity contribution in [1.29, 1.82) is 0 Å². The lowest BCUT2D eigenvalue weighted by atomic mass is 10.1. The molecule has 2 unspecified atom stereocenters. The molecule has 0 radical (unpaired) electrons. The lowest BCUT2D eigenvalue weighted by Gasteiger charge is -2.14. The third kappa shape index (κ3) is 2.18. The molecule has 0 aliphatic carbocycles. The summed E-state index contributed by atoms with van der Waals surface area (Å²) in [5, 5.41) is 33.1. The maximum Gasteiger partial charge on any atom is 0.354 e. The van der Waals surface area contributed by atoms with Crippen LogP contribution in [0.1, 0.15) is 22.2 Å². The minimum atomic E-state index is -1.86. The van der Waals surface area contributed by atoms with E-state index in [-0.39, 0.29) is 5.56 Å². The highest BCUT2D eigenvalue weighted by atomic mass is 16.5. The zero-order valence-corrected chi connectivity index (χ0v) is 8.25. The minimum absolute atomic E-state index is 0.189. The second kappa shape index (κ2) is 4.73. The van der Waals surface area contributed by atoms with E-state index in [4.69, 9.17) is 5.11 Å². The second-order valence-electron chi connectivity index (χ2n) is 2.92. The third-order valence-corrected chi connectivity index (χ3v) is 1.94. The topological polar surface area (TPSA) is 133 Å². The van der Waals surface area contributed by atoms with Crippen LogP contribution in [0, 0.1) is 0 Å². The molecule has 88 valence electrons. The highest BCUT2D eigenvalue weighted by Gasteiger charge is 2.30. The van der Waals surface area contributed by atoms with Crippen molar-refractivity contribution in [1.82, 2.24) is 10.2 Å². The van der Waals surface area contributed by atoms with Crippen molar-refractivity contribution in [3.05, 3.63) is 17.5 Å². The summed E-state index contributed by atoms with van der Waals surface area (Å²) in [6.45, 7) is 0. The van der Waals surface area contributed by atoms with Crippen LogP contribution >= 0.6 is 0 Å². The van der Waals surface area contributed by atoms with Crippen molar-refractivity contribution >= 4 is 11.9 Å². The molecular formula is C8H10N2O6. The van der Waals surface area contributed by atoms with Gasteiger partial charge < -0.3 is 20.1 Å². The molecule has 1 aromatic heterocycles. The van der Waals surface area contributed by atoms with E-state index in [1.807, 2.05) is 0 Å². The van der Waals surface area contributed by atoms with E-state index in [0.29, 0.717) is 0 Å². The maximum absolute atomic E-state index is 10.9. The Morgan fingerprint density at radius 1 is 1.50 bits per heavy atom. The normalized spacial score (nSPS) is 14.2. The van der Waals surface area contributed by atoms with Gasteiger partial charge in [0.05, 0.1) is 13.3 Å². The number of nitrogens with one attached hydrogen (secondary N) is 1. The number of aliphatic hydroxyl groups is 2. The van der Waals surface area contributed by atoms with E-state index in [9.17, 15) is 19.8 Å². The minimum Gasteiger partial charge on any atom is -0.477 e. The molecule has 0 aromatic carbocycles. The summed E-state index contributed by atoms with van der Waals surface area (Å²) in [4.78, 5) is 21.6. The number of hydrogen-bond acceptors (Lipinski definition) is 6. The molecule has 4 N–H and O–H groups in total. The van der Waals surface area contributed by atoms with Gasteiger partial charge in [-0.2, -0.15) is 5.10 Å². The number of carbonyl (C=O) groups excluding carboxylic acids is 1. The van der Waals surface area contributed by atoms with E-state index >= 15 is 0 Å². The molecule has 0 aliphatic rings. The van der Waals surface area contributed by atoms with Crippen molar-refractivity contribution < 1.29 is 29.6 Å². The lowest BCUT2D eigenvalue weighted by Crippen LogP contribution is -2.29. The number of aromatic amines is 1. The van der Waals surface area contributed by atoms with Crippen LogP contribution in [0.25, 0.3) is 0 Å². The molecule has 2 atom stereocenters. The molecule has 0 spiro atoms. The number of ether oxygens (including phenoxy) is 1. The van der Waals surface area contributed by atoms with Crippen molar-refractivity contribution in [2.75, 3.05) is 7.11 Å². The van der Waals surface area contributed by atoms with Crippen LogP contribution in [0.2, 0.25) is 0 Å². The van der Waals surface area contributed by atoms with Gasteiger partial charge in [0.15, 0.2) is 6.10 Å². The number of H-pyrrole nitrogens is 1. The van der Waals surface area contributed by atoms with Crippen LogP contribution in [0.5, 0.6) is 0 Å². The average molecular weight is 230 g/mol. The van der Waals surface area contributed by atoms with E-state index in [1.165, 1.54) is 0 Å². The Labute approximate surface area is 89.5 Å². The van der Waals surface area contributed by atoms with E-state index < -0.39 is 29.8 Å². The molecule has 1 aromatic rings. The molecule has 16 heavy (non-hydrogen) atoms. The molecule has 1 heterocycles. The Hall–Kier alpha value is -1.93. The SMILES string of the molecule is COC(=O)C(O)C(O)c1cn[nH]c1C(=O)O. The number of aliphatic hydroxyl groups excluding tert-OH is 2. The molecule has 0 aliphatic heterocycles. The Balaban J connectivity index is 2.96. The molecule has 8 nitrogen and oxygen atoms in total. The van der Waals surface area contributed by atoms with Crippen LogP contribution in [0.15, 0.2) is 6.20 Å². The Morgan fingerprint density at radius 2 is 2.12 bits per heavy atom. The average Bonchev–Trinajstić information content (AvgIpc) is 2.74. The monoisotopic (exact) mass is 230 g/mol. The maximum atomic E-state index is 10.9. The number of carbonyl (C=O) groups is 2. The van der Waals surface area contributed by atoms with Crippen molar-refractivity contribution in [3.63, 3.8) is 0 Å².